The monoisotopic (exact) mass is 293 g/mol. The quantitative estimate of drug-likeness (QED) is 0.811. The van der Waals surface area contributed by atoms with E-state index in [1.165, 1.54) is 32.1 Å². The Kier molecular flexibility index (Phi) is 6.33. The van der Waals surface area contributed by atoms with Gasteiger partial charge >= 0.3 is 0 Å². The zero-order chi connectivity index (χ0) is 15.1. The largest absolute Gasteiger partial charge is 0.493 e. The van der Waals surface area contributed by atoms with Crippen LogP contribution >= 0.6 is 0 Å². The fourth-order valence-corrected chi connectivity index (χ4v) is 2.96. The maximum Gasteiger partial charge on any atom is 0.160 e. The molecule has 2 rings (SSSR count). The number of aliphatic hydroxyl groups is 1. The van der Waals surface area contributed by atoms with E-state index in [0.29, 0.717) is 24.8 Å². The molecule has 0 amide bonds. The van der Waals surface area contributed by atoms with Crippen molar-refractivity contribution in [2.24, 2.45) is 0 Å². The van der Waals surface area contributed by atoms with Crippen LogP contribution in [0.4, 0.5) is 0 Å². The molecular weight excluding hydrogens is 266 g/mol. The molecular formula is C17H27NO3. The summed E-state index contributed by atoms with van der Waals surface area (Å²) >= 11 is 0. The van der Waals surface area contributed by atoms with Gasteiger partial charge in [-0.3, -0.25) is 0 Å². The summed E-state index contributed by atoms with van der Waals surface area (Å²) in [5.74, 6) is 1.43. The SMILES string of the molecule is COc1ccc(C[C@@H](O)CNC2CCCCC2)cc1OC. The number of methoxy groups -OCH3 is 2. The number of aliphatic hydroxyl groups excluding tert-OH is 1. The first-order valence-corrected chi connectivity index (χ1v) is 7.85. The van der Waals surface area contributed by atoms with Crippen molar-refractivity contribution in [2.75, 3.05) is 20.8 Å². The molecule has 0 bridgehead atoms. The van der Waals surface area contributed by atoms with E-state index in [1.807, 2.05) is 18.2 Å². The molecule has 0 aliphatic heterocycles. The second-order valence-corrected chi connectivity index (χ2v) is 5.79. The molecule has 0 aromatic heterocycles. The third-order valence-electron chi connectivity index (χ3n) is 4.17. The molecule has 0 radical (unpaired) electrons. The minimum absolute atomic E-state index is 0.370. The van der Waals surface area contributed by atoms with Crippen LogP contribution in [-0.2, 0) is 6.42 Å². The van der Waals surface area contributed by atoms with Crippen molar-refractivity contribution in [3.63, 3.8) is 0 Å². The summed E-state index contributed by atoms with van der Waals surface area (Å²) in [4.78, 5) is 0. The highest BCUT2D eigenvalue weighted by molar-refractivity contribution is 5.43. The van der Waals surface area contributed by atoms with Gasteiger partial charge in [-0.05, 0) is 37.0 Å². The second kappa shape index (κ2) is 8.25. The lowest BCUT2D eigenvalue weighted by molar-refractivity contribution is 0.163. The van der Waals surface area contributed by atoms with Gasteiger partial charge in [0.15, 0.2) is 11.5 Å². The van der Waals surface area contributed by atoms with Crippen LogP contribution in [0.15, 0.2) is 18.2 Å². The van der Waals surface area contributed by atoms with Crippen molar-refractivity contribution in [1.82, 2.24) is 5.32 Å². The number of nitrogens with one attached hydrogen (secondary N) is 1. The Morgan fingerprint density at radius 3 is 2.52 bits per heavy atom. The van der Waals surface area contributed by atoms with E-state index < -0.39 is 0 Å². The van der Waals surface area contributed by atoms with E-state index >= 15 is 0 Å². The van der Waals surface area contributed by atoms with Gasteiger partial charge in [-0.2, -0.15) is 0 Å². The summed E-state index contributed by atoms with van der Waals surface area (Å²) < 4.78 is 10.5. The Morgan fingerprint density at radius 1 is 1.14 bits per heavy atom. The summed E-state index contributed by atoms with van der Waals surface area (Å²) in [6.45, 7) is 0.652. The number of hydrogen-bond donors (Lipinski definition) is 2. The van der Waals surface area contributed by atoms with Gasteiger partial charge in [-0.25, -0.2) is 0 Å². The average Bonchev–Trinajstić information content (AvgIpc) is 2.53. The minimum Gasteiger partial charge on any atom is -0.493 e. The Morgan fingerprint density at radius 2 is 1.86 bits per heavy atom. The molecule has 0 heterocycles. The number of rotatable bonds is 7. The van der Waals surface area contributed by atoms with Crippen LogP contribution in [-0.4, -0.2) is 38.0 Å². The zero-order valence-corrected chi connectivity index (χ0v) is 13.1. The molecule has 1 fully saturated rings. The lowest BCUT2D eigenvalue weighted by Gasteiger charge is -2.24. The van der Waals surface area contributed by atoms with Gasteiger partial charge < -0.3 is 19.9 Å². The Balaban J connectivity index is 1.82. The zero-order valence-electron chi connectivity index (χ0n) is 13.1. The first-order valence-electron chi connectivity index (χ1n) is 7.85. The van der Waals surface area contributed by atoms with E-state index in [2.05, 4.69) is 5.32 Å². The van der Waals surface area contributed by atoms with Gasteiger partial charge in [0.05, 0.1) is 20.3 Å². The van der Waals surface area contributed by atoms with Crippen LogP contribution in [0.2, 0.25) is 0 Å². The van der Waals surface area contributed by atoms with Gasteiger partial charge in [0.25, 0.3) is 0 Å². The van der Waals surface area contributed by atoms with Crippen LogP contribution in [0.3, 0.4) is 0 Å². The van der Waals surface area contributed by atoms with Crippen molar-refractivity contribution in [3.05, 3.63) is 23.8 Å². The molecule has 118 valence electrons. The molecule has 4 nitrogen and oxygen atoms in total. The van der Waals surface area contributed by atoms with E-state index in [0.717, 1.165) is 11.3 Å². The van der Waals surface area contributed by atoms with Gasteiger partial charge in [0, 0.05) is 12.6 Å². The normalized spacial score (nSPS) is 17.5. The average molecular weight is 293 g/mol. The van der Waals surface area contributed by atoms with Crippen LogP contribution in [0.1, 0.15) is 37.7 Å². The number of benzene rings is 1. The first-order chi connectivity index (χ1) is 10.2. The smallest absolute Gasteiger partial charge is 0.160 e. The predicted molar refractivity (Wildman–Crippen MR) is 84.1 cm³/mol. The Labute approximate surface area is 127 Å². The lowest BCUT2D eigenvalue weighted by Crippen LogP contribution is -2.37. The summed E-state index contributed by atoms with van der Waals surface area (Å²) in [5.41, 5.74) is 1.06. The van der Waals surface area contributed by atoms with Crippen LogP contribution in [0.5, 0.6) is 11.5 Å². The van der Waals surface area contributed by atoms with Crippen LogP contribution in [0.25, 0.3) is 0 Å². The predicted octanol–water partition coefficient (Wildman–Crippen LogP) is 2.53. The standard InChI is InChI=1S/C17H27NO3/c1-20-16-9-8-13(11-17(16)21-2)10-15(19)12-18-14-6-4-3-5-7-14/h8-9,11,14-15,18-19H,3-7,10,12H2,1-2H3/t15-/m1/s1. The second-order valence-electron chi connectivity index (χ2n) is 5.79. The van der Waals surface area contributed by atoms with Gasteiger partial charge in [-0.15, -0.1) is 0 Å². The van der Waals surface area contributed by atoms with Crippen LogP contribution in [0, 0.1) is 0 Å². The molecule has 21 heavy (non-hydrogen) atoms. The van der Waals surface area contributed by atoms with Crippen molar-refractivity contribution in [3.8, 4) is 11.5 Å². The van der Waals surface area contributed by atoms with E-state index in [4.69, 9.17) is 9.47 Å². The van der Waals surface area contributed by atoms with E-state index in [9.17, 15) is 5.11 Å². The van der Waals surface area contributed by atoms with Crippen molar-refractivity contribution >= 4 is 0 Å². The molecule has 1 saturated carbocycles. The maximum atomic E-state index is 10.2. The first kappa shape index (κ1) is 16.1. The lowest BCUT2D eigenvalue weighted by atomic mass is 9.95. The summed E-state index contributed by atoms with van der Waals surface area (Å²) in [5, 5.41) is 13.7. The topological polar surface area (TPSA) is 50.7 Å². The fraction of sp³-hybridized carbons (Fsp3) is 0.647. The molecule has 0 saturated heterocycles. The Hall–Kier alpha value is -1.26. The van der Waals surface area contributed by atoms with Crippen LogP contribution < -0.4 is 14.8 Å². The highest BCUT2D eigenvalue weighted by Gasteiger charge is 2.15. The maximum absolute atomic E-state index is 10.2. The van der Waals surface area contributed by atoms with Gasteiger partial charge in [0.1, 0.15) is 0 Å². The van der Waals surface area contributed by atoms with Gasteiger partial charge in [-0.1, -0.05) is 25.3 Å². The highest BCUT2D eigenvalue weighted by Crippen LogP contribution is 2.28. The summed E-state index contributed by atoms with van der Waals surface area (Å²) in [7, 11) is 3.25. The molecule has 1 aromatic rings. The third kappa shape index (κ3) is 4.90. The molecule has 1 aromatic carbocycles. The van der Waals surface area contributed by atoms with E-state index in [-0.39, 0.29) is 6.10 Å². The number of ether oxygens (including phenoxy) is 2. The molecule has 0 spiro atoms. The molecule has 2 N–H and O–H groups in total. The molecule has 1 aliphatic rings. The minimum atomic E-state index is -0.370. The summed E-state index contributed by atoms with van der Waals surface area (Å²) in [6, 6.07) is 6.38. The molecule has 1 atom stereocenters. The molecule has 4 heteroatoms. The fourth-order valence-electron chi connectivity index (χ4n) is 2.96. The molecule has 1 aliphatic carbocycles. The van der Waals surface area contributed by atoms with Gasteiger partial charge in [0.2, 0.25) is 0 Å². The third-order valence-corrected chi connectivity index (χ3v) is 4.17. The molecule has 0 unspecified atom stereocenters. The Bertz CT molecular complexity index is 430. The van der Waals surface area contributed by atoms with Crippen molar-refractivity contribution in [2.45, 2.75) is 50.7 Å². The summed E-state index contributed by atoms with van der Waals surface area (Å²) in [6.07, 6.45) is 6.70. The van der Waals surface area contributed by atoms with Crippen molar-refractivity contribution in [1.29, 1.82) is 0 Å². The van der Waals surface area contributed by atoms with E-state index in [1.54, 1.807) is 14.2 Å². The van der Waals surface area contributed by atoms with Crippen molar-refractivity contribution < 1.29 is 14.6 Å². The number of hydrogen-bond acceptors (Lipinski definition) is 4. The highest BCUT2D eigenvalue weighted by atomic mass is 16.5.